The summed E-state index contributed by atoms with van der Waals surface area (Å²) in [4.78, 5) is 0. The van der Waals surface area contributed by atoms with Crippen LogP contribution in [0.3, 0.4) is 0 Å². The lowest BCUT2D eigenvalue weighted by atomic mass is 10.1. The van der Waals surface area contributed by atoms with Crippen molar-refractivity contribution in [1.82, 2.24) is 10.2 Å². The van der Waals surface area contributed by atoms with Gasteiger partial charge >= 0.3 is 0 Å². The average molecular weight is 190 g/mol. The van der Waals surface area contributed by atoms with Crippen molar-refractivity contribution in [3.8, 4) is 0 Å². The maximum atomic E-state index is 4.12. The predicted molar refractivity (Wildman–Crippen MR) is 59.0 cm³/mol. The second-order valence-electron chi connectivity index (χ2n) is 2.77. The van der Waals surface area contributed by atoms with Crippen LogP contribution in [0.2, 0.25) is 0 Å². The second kappa shape index (κ2) is 3.66. The second-order valence-corrected chi connectivity index (χ2v) is 3.13. The van der Waals surface area contributed by atoms with Crippen LogP contribution in [0.5, 0.6) is 0 Å². The van der Waals surface area contributed by atoms with Gasteiger partial charge in [-0.3, -0.25) is 5.10 Å². The third-order valence-electron chi connectivity index (χ3n) is 1.91. The van der Waals surface area contributed by atoms with Gasteiger partial charge in [-0.2, -0.15) is 17.7 Å². The van der Waals surface area contributed by atoms with E-state index in [9.17, 15) is 0 Å². The third-order valence-corrected chi connectivity index (χ3v) is 2.12. The molecule has 3 heteroatoms. The summed E-state index contributed by atoms with van der Waals surface area (Å²) in [6, 6.07) is 6.12. The molecule has 66 valence electrons. The van der Waals surface area contributed by atoms with E-state index in [1.54, 1.807) is 0 Å². The van der Waals surface area contributed by atoms with Crippen molar-refractivity contribution in [3.05, 3.63) is 36.0 Å². The van der Waals surface area contributed by atoms with Crippen LogP contribution in [-0.2, 0) is 0 Å². The number of hydrogen-bond donors (Lipinski definition) is 2. The summed E-state index contributed by atoms with van der Waals surface area (Å²) in [7, 11) is 0. The van der Waals surface area contributed by atoms with E-state index in [1.165, 1.54) is 0 Å². The molecule has 0 bridgehead atoms. The molecule has 0 aliphatic heterocycles. The Balaban J connectivity index is 2.54. The maximum absolute atomic E-state index is 4.12. The molecule has 1 aromatic carbocycles. The molecule has 0 radical (unpaired) electrons. The number of aromatic nitrogens is 2. The summed E-state index contributed by atoms with van der Waals surface area (Å²) in [5.74, 6) is 0.754. The Morgan fingerprint density at radius 1 is 1.46 bits per heavy atom. The molecule has 0 atom stereocenters. The van der Waals surface area contributed by atoms with Crippen LogP contribution in [-0.4, -0.2) is 16.0 Å². The number of nitrogens with zero attached hydrogens (tertiary/aromatic N) is 1. The van der Waals surface area contributed by atoms with Crippen LogP contribution in [0.1, 0.15) is 5.56 Å². The summed E-state index contributed by atoms with van der Waals surface area (Å²) in [5.41, 5.74) is 2.24. The molecule has 0 unspecified atom stereocenters. The van der Waals surface area contributed by atoms with Crippen LogP contribution in [0.25, 0.3) is 17.0 Å². The highest BCUT2D eigenvalue weighted by Crippen LogP contribution is 2.16. The first-order valence-corrected chi connectivity index (χ1v) is 4.74. The van der Waals surface area contributed by atoms with Gasteiger partial charge in [0.1, 0.15) is 0 Å². The molecule has 0 spiro atoms. The molecule has 0 saturated heterocycles. The normalized spacial score (nSPS) is 11.5. The minimum atomic E-state index is 0.754. The van der Waals surface area contributed by atoms with Gasteiger partial charge in [-0.1, -0.05) is 30.4 Å². The van der Waals surface area contributed by atoms with Gasteiger partial charge in [0.15, 0.2) is 0 Å². The van der Waals surface area contributed by atoms with Crippen molar-refractivity contribution in [3.63, 3.8) is 0 Å². The zero-order valence-electron chi connectivity index (χ0n) is 7.07. The molecule has 0 amide bonds. The van der Waals surface area contributed by atoms with E-state index < -0.39 is 0 Å². The summed E-state index contributed by atoms with van der Waals surface area (Å²) in [6.07, 6.45) is 5.89. The number of hydrogen-bond acceptors (Lipinski definition) is 2. The first-order chi connectivity index (χ1) is 6.42. The molecule has 13 heavy (non-hydrogen) atoms. The Kier molecular flexibility index (Phi) is 2.36. The summed E-state index contributed by atoms with van der Waals surface area (Å²) in [5, 5.41) is 8.10. The van der Waals surface area contributed by atoms with Crippen LogP contribution in [0, 0.1) is 0 Å². The van der Waals surface area contributed by atoms with Crippen molar-refractivity contribution in [2.45, 2.75) is 0 Å². The van der Waals surface area contributed by atoms with E-state index >= 15 is 0 Å². The molecule has 0 aliphatic rings. The Morgan fingerprint density at radius 2 is 2.38 bits per heavy atom. The van der Waals surface area contributed by atoms with Gasteiger partial charge in [0.25, 0.3) is 0 Å². The molecule has 1 heterocycles. The van der Waals surface area contributed by atoms with E-state index in [-0.39, 0.29) is 0 Å². The van der Waals surface area contributed by atoms with Gasteiger partial charge in [-0.25, -0.2) is 0 Å². The fourth-order valence-electron chi connectivity index (χ4n) is 1.31. The number of nitrogens with one attached hydrogen (secondary N) is 1. The number of fused-ring (bicyclic) bond motifs is 1. The fraction of sp³-hybridized carbons (Fsp3) is 0.100. The van der Waals surface area contributed by atoms with Crippen LogP contribution >= 0.6 is 12.6 Å². The third kappa shape index (κ3) is 1.60. The molecular weight excluding hydrogens is 180 g/mol. The standard InChI is InChI=1S/C10H10N2S/c13-6-2-5-8-3-1-4-9-7-11-12-10(8)9/h1-5,7,13H,6H2,(H,11,12). The molecule has 0 saturated carbocycles. The molecule has 2 nitrogen and oxygen atoms in total. The first kappa shape index (κ1) is 8.38. The first-order valence-electron chi connectivity index (χ1n) is 4.11. The Labute approximate surface area is 82.1 Å². The molecule has 0 fully saturated rings. The zero-order valence-corrected chi connectivity index (χ0v) is 7.96. The van der Waals surface area contributed by atoms with Gasteiger partial charge in [0.05, 0.1) is 11.7 Å². The minimum Gasteiger partial charge on any atom is -0.277 e. The summed E-state index contributed by atoms with van der Waals surface area (Å²) >= 11 is 4.12. The molecule has 1 aromatic heterocycles. The zero-order chi connectivity index (χ0) is 9.10. The predicted octanol–water partition coefficient (Wildman–Crippen LogP) is 2.51. The van der Waals surface area contributed by atoms with Crippen molar-refractivity contribution in [1.29, 1.82) is 0 Å². The fourth-order valence-corrected chi connectivity index (χ4v) is 1.42. The van der Waals surface area contributed by atoms with E-state index in [4.69, 9.17) is 0 Å². The largest absolute Gasteiger partial charge is 0.277 e. The van der Waals surface area contributed by atoms with Crippen LogP contribution < -0.4 is 0 Å². The molecule has 2 aromatic rings. The summed E-state index contributed by atoms with van der Waals surface area (Å²) in [6.45, 7) is 0. The van der Waals surface area contributed by atoms with Crippen molar-refractivity contribution in [2.75, 3.05) is 5.75 Å². The highest BCUT2D eigenvalue weighted by molar-refractivity contribution is 7.80. The molecular formula is C10H10N2S. The topological polar surface area (TPSA) is 28.7 Å². The number of H-pyrrole nitrogens is 1. The Hall–Kier alpha value is -1.22. The number of aromatic amines is 1. The van der Waals surface area contributed by atoms with Crippen molar-refractivity contribution >= 4 is 29.6 Å². The SMILES string of the molecule is SCC=Cc1cccc2cn[nH]c12. The molecule has 2 rings (SSSR count). The highest BCUT2D eigenvalue weighted by Gasteiger charge is 1.97. The quantitative estimate of drug-likeness (QED) is 0.700. The lowest BCUT2D eigenvalue weighted by molar-refractivity contribution is 1.12. The van der Waals surface area contributed by atoms with Crippen molar-refractivity contribution < 1.29 is 0 Å². The summed E-state index contributed by atoms with van der Waals surface area (Å²) < 4.78 is 0. The number of para-hydroxylation sites is 1. The number of benzene rings is 1. The highest BCUT2D eigenvalue weighted by atomic mass is 32.1. The smallest absolute Gasteiger partial charge is 0.0722 e. The van der Waals surface area contributed by atoms with E-state index in [0.717, 1.165) is 22.2 Å². The van der Waals surface area contributed by atoms with Gasteiger partial charge < -0.3 is 0 Å². The lowest BCUT2D eigenvalue weighted by Gasteiger charge is -1.94. The number of rotatable bonds is 2. The maximum Gasteiger partial charge on any atom is 0.0722 e. The minimum absolute atomic E-state index is 0.754. The van der Waals surface area contributed by atoms with E-state index in [2.05, 4.69) is 28.9 Å². The van der Waals surface area contributed by atoms with Crippen molar-refractivity contribution in [2.24, 2.45) is 0 Å². The van der Waals surface area contributed by atoms with E-state index in [1.807, 2.05) is 30.5 Å². The van der Waals surface area contributed by atoms with Crippen LogP contribution in [0.4, 0.5) is 0 Å². The molecule has 1 N–H and O–H groups in total. The van der Waals surface area contributed by atoms with Gasteiger partial charge in [0, 0.05) is 11.1 Å². The van der Waals surface area contributed by atoms with Gasteiger partial charge in [-0.05, 0) is 5.56 Å². The average Bonchev–Trinajstić information content (AvgIpc) is 2.62. The lowest BCUT2D eigenvalue weighted by Crippen LogP contribution is -1.76. The van der Waals surface area contributed by atoms with Crippen LogP contribution in [0.15, 0.2) is 30.5 Å². The van der Waals surface area contributed by atoms with Gasteiger partial charge in [-0.15, -0.1) is 0 Å². The Morgan fingerprint density at radius 3 is 3.23 bits per heavy atom. The van der Waals surface area contributed by atoms with Gasteiger partial charge in [0.2, 0.25) is 0 Å². The Bertz CT molecular complexity index is 431. The molecule has 0 aliphatic carbocycles. The monoisotopic (exact) mass is 190 g/mol. The van der Waals surface area contributed by atoms with E-state index in [0.29, 0.717) is 0 Å². The number of thiol groups is 1.